The molecule has 0 amide bonds. The monoisotopic (exact) mass is 572 g/mol. The number of guanidine groups is 1. The zero-order chi connectivity index (χ0) is 21.7. The van der Waals surface area contributed by atoms with Crippen LogP contribution in [-0.4, -0.2) is 44.0 Å². The lowest BCUT2D eigenvalue weighted by molar-refractivity contribution is 0.0513. The van der Waals surface area contributed by atoms with Gasteiger partial charge in [-0.15, -0.1) is 35.3 Å². The molecular formula is C23H33IN4O3S. The van der Waals surface area contributed by atoms with Crippen LogP contribution >= 0.6 is 35.3 Å². The number of aliphatic imine (C=N–C) groups is 1. The molecule has 0 radical (unpaired) electrons. The first-order chi connectivity index (χ1) is 15.1. The van der Waals surface area contributed by atoms with Gasteiger partial charge >= 0.3 is 0 Å². The van der Waals surface area contributed by atoms with E-state index in [1.807, 2.05) is 6.07 Å². The largest absolute Gasteiger partial charge is 0.454 e. The molecule has 2 aliphatic heterocycles. The molecule has 32 heavy (non-hydrogen) atoms. The highest BCUT2D eigenvalue weighted by atomic mass is 127. The summed E-state index contributed by atoms with van der Waals surface area (Å²) in [6.07, 6.45) is 1.90. The first kappa shape index (κ1) is 25.0. The van der Waals surface area contributed by atoms with Gasteiger partial charge in [0.15, 0.2) is 17.5 Å². The van der Waals surface area contributed by atoms with E-state index >= 15 is 0 Å². The second-order valence-electron chi connectivity index (χ2n) is 8.33. The normalized spacial score (nSPS) is 17.2. The number of ether oxygens (including phenoxy) is 3. The number of thiazole rings is 1. The summed E-state index contributed by atoms with van der Waals surface area (Å²) >= 11 is 1.68. The Morgan fingerprint density at radius 3 is 2.69 bits per heavy atom. The highest BCUT2D eigenvalue weighted by Gasteiger charge is 2.35. The molecule has 1 aromatic carbocycles. The lowest BCUT2D eigenvalue weighted by atomic mass is 9.74. The van der Waals surface area contributed by atoms with Crippen LogP contribution in [0.2, 0.25) is 0 Å². The highest BCUT2D eigenvalue weighted by Crippen LogP contribution is 2.40. The summed E-state index contributed by atoms with van der Waals surface area (Å²) in [4.78, 5) is 9.49. The van der Waals surface area contributed by atoms with Crippen molar-refractivity contribution in [1.29, 1.82) is 0 Å². The minimum absolute atomic E-state index is 0. The van der Waals surface area contributed by atoms with Gasteiger partial charge in [-0.2, -0.15) is 0 Å². The molecule has 2 aromatic rings. The number of hydrogen-bond donors (Lipinski definition) is 2. The van der Waals surface area contributed by atoms with Gasteiger partial charge in [-0.05, 0) is 43.4 Å². The van der Waals surface area contributed by atoms with E-state index in [9.17, 15) is 0 Å². The Balaban J connectivity index is 0.00000289. The van der Waals surface area contributed by atoms with Gasteiger partial charge < -0.3 is 24.8 Å². The van der Waals surface area contributed by atoms with Crippen molar-refractivity contribution in [3.05, 3.63) is 39.8 Å². The zero-order valence-corrected chi connectivity index (χ0v) is 22.1. The van der Waals surface area contributed by atoms with E-state index in [1.165, 1.54) is 5.56 Å². The minimum Gasteiger partial charge on any atom is -0.454 e. The third-order valence-electron chi connectivity index (χ3n) is 5.91. The average molecular weight is 573 g/mol. The molecule has 0 bridgehead atoms. The van der Waals surface area contributed by atoms with Crippen molar-refractivity contribution < 1.29 is 14.2 Å². The van der Waals surface area contributed by atoms with E-state index in [0.29, 0.717) is 19.3 Å². The number of rotatable bonds is 7. The zero-order valence-electron chi connectivity index (χ0n) is 19.0. The van der Waals surface area contributed by atoms with Crippen molar-refractivity contribution in [3.63, 3.8) is 0 Å². The van der Waals surface area contributed by atoms with E-state index in [-0.39, 0.29) is 29.4 Å². The molecule has 1 saturated heterocycles. The second-order valence-corrected chi connectivity index (χ2v) is 9.27. The quantitative estimate of drug-likeness (QED) is 0.291. The van der Waals surface area contributed by atoms with E-state index in [4.69, 9.17) is 24.2 Å². The molecule has 2 aliphatic rings. The smallest absolute Gasteiger partial charge is 0.231 e. The fraction of sp³-hybridized carbons (Fsp3) is 0.565. The molecule has 2 N–H and O–H groups in total. The fourth-order valence-corrected chi connectivity index (χ4v) is 4.84. The Hall–Kier alpha value is -1.59. The van der Waals surface area contributed by atoms with E-state index < -0.39 is 0 Å². The number of aromatic nitrogens is 1. The van der Waals surface area contributed by atoms with Gasteiger partial charge in [0, 0.05) is 37.1 Å². The van der Waals surface area contributed by atoms with Crippen LogP contribution in [0.25, 0.3) is 0 Å². The van der Waals surface area contributed by atoms with Gasteiger partial charge in [0.05, 0.1) is 12.2 Å². The molecule has 3 heterocycles. The van der Waals surface area contributed by atoms with Crippen molar-refractivity contribution in [2.24, 2.45) is 4.99 Å². The third-order valence-corrected chi connectivity index (χ3v) is 6.76. The summed E-state index contributed by atoms with van der Waals surface area (Å²) in [6, 6.07) is 6.30. The number of benzene rings is 1. The van der Waals surface area contributed by atoms with Crippen molar-refractivity contribution in [1.82, 2.24) is 15.6 Å². The van der Waals surface area contributed by atoms with Crippen LogP contribution in [-0.2, 0) is 16.7 Å². The summed E-state index contributed by atoms with van der Waals surface area (Å²) in [6.45, 7) is 10.4. The molecule has 4 rings (SSSR count). The predicted octanol–water partition coefficient (Wildman–Crippen LogP) is 4.42. The summed E-state index contributed by atoms with van der Waals surface area (Å²) in [5.41, 5.74) is 2.35. The second kappa shape index (κ2) is 11.5. The van der Waals surface area contributed by atoms with Crippen LogP contribution in [0.5, 0.6) is 11.5 Å². The molecule has 0 atom stereocenters. The molecule has 176 valence electrons. The maximum Gasteiger partial charge on any atom is 0.231 e. The number of halogens is 1. The molecule has 1 fully saturated rings. The van der Waals surface area contributed by atoms with Gasteiger partial charge in [0.1, 0.15) is 5.01 Å². The van der Waals surface area contributed by atoms with Crippen LogP contribution in [0.4, 0.5) is 0 Å². The minimum atomic E-state index is -0.0403. The SMILES string of the molecule is CCNC(=NCc1nc(C(C)C)cs1)NCC1(c2ccc3c(c2)OCO3)CCOCC1.I. The fourth-order valence-electron chi connectivity index (χ4n) is 3.96. The van der Waals surface area contributed by atoms with Crippen LogP contribution < -0.4 is 20.1 Å². The van der Waals surface area contributed by atoms with Gasteiger partial charge in [0.25, 0.3) is 0 Å². The average Bonchev–Trinajstić information content (AvgIpc) is 3.45. The van der Waals surface area contributed by atoms with Crippen LogP contribution in [0, 0.1) is 0 Å². The number of nitrogens with zero attached hydrogens (tertiary/aromatic N) is 2. The summed E-state index contributed by atoms with van der Waals surface area (Å²) in [5, 5.41) is 10.1. The molecule has 0 spiro atoms. The molecule has 0 unspecified atom stereocenters. The van der Waals surface area contributed by atoms with Crippen molar-refractivity contribution >= 4 is 41.3 Å². The van der Waals surface area contributed by atoms with Crippen molar-refractivity contribution in [3.8, 4) is 11.5 Å². The Morgan fingerprint density at radius 1 is 1.19 bits per heavy atom. The van der Waals surface area contributed by atoms with Gasteiger partial charge in [0.2, 0.25) is 6.79 Å². The number of fused-ring (bicyclic) bond motifs is 1. The summed E-state index contributed by atoms with van der Waals surface area (Å²) in [7, 11) is 0. The Bertz CT molecular complexity index is 912. The Labute approximate surface area is 211 Å². The Morgan fingerprint density at radius 2 is 1.97 bits per heavy atom. The van der Waals surface area contributed by atoms with Gasteiger partial charge in [-0.1, -0.05) is 19.9 Å². The highest BCUT2D eigenvalue weighted by molar-refractivity contribution is 14.0. The molecule has 0 aliphatic carbocycles. The first-order valence-electron chi connectivity index (χ1n) is 11.0. The molecule has 0 saturated carbocycles. The topological polar surface area (TPSA) is 77.0 Å². The Kier molecular flexibility index (Phi) is 9.01. The summed E-state index contributed by atoms with van der Waals surface area (Å²) < 4.78 is 16.8. The van der Waals surface area contributed by atoms with Crippen LogP contribution in [0.3, 0.4) is 0 Å². The number of nitrogens with one attached hydrogen (secondary N) is 2. The van der Waals surface area contributed by atoms with Gasteiger partial charge in [-0.3, -0.25) is 0 Å². The first-order valence-corrected chi connectivity index (χ1v) is 11.9. The lowest BCUT2D eigenvalue weighted by Gasteiger charge is -2.38. The standard InChI is InChI=1S/C23H32N4O3S.HI/c1-4-24-22(25-12-21-27-18(13-31-21)16(2)3)26-14-23(7-9-28-10-8-23)17-5-6-19-20(11-17)30-15-29-19;/h5-6,11,13,16H,4,7-10,12,14-15H2,1-3H3,(H2,24,25,26);1H. The maximum absolute atomic E-state index is 5.68. The third kappa shape index (κ3) is 5.85. The molecule has 7 nitrogen and oxygen atoms in total. The molecular weight excluding hydrogens is 539 g/mol. The van der Waals surface area contributed by atoms with Crippen molar-refractivity contribution in [2.45, 2.75) is 51.5 Å². The number of hydrogen-bond acceptors (Lipinski definition) is 6. The lowest BCUT2D eigenvalue weighted by Crippen LogP contribution is -2.48. The van der Waals surface area contributed by atoms with Crippen LogP contribution in [0.1, 0.15) is 55.8 Å². The summed E-state index contributed by atoms with van der Waals surface area (Å²) in [5.74, 6) is 2.90. The maximum atomic E-state index is 5.68. The molecule has 9 heteroatoms. The van der Waals surface area contributed by atoms with E-state index in [1.54, 1.807) is 11.3 Å². The van der Waals surface area contributed by atoms with Crippen LogP contribution in [0.15, 0.2) is 28.6 Å². The predicted molar refractivity (Wildman–Crippen MR) is 139 cm³/mol. The van der Waals surface area contributed by atoms with Crippen molar-refractivity contribution in [2.75, 3.05) is 33.1 Å². The molecule has 1 aromatic heterocycles. The van der Waals surface area contributed by atoms with Gasteiger partial charge in [-0.25, -0.2) is 9.98 Å². The van der Waals surface area contributed by atoms with E-state index in [2.05, 4.69) is 48.9 Å². The van der Waals surface area contributed by atoms with E-state index in [0.717, 1.165) is 67.3 Å².